The van der Waals surface area contributed by atoms with E-state index in [0.29, 0.717) is 38.3 Å². The zero-order valence-electron chi connectivity index (χ0n) is 12.1. The Hall–Kier alpha value is -2.24. The van der Waals surface area contributed by atoms with Crippen molar-refractivity contribution in [1.82, 2.24) is 4.90 Å². The number of rotatable bonds is 4. The second kappa shape index (κ2) is 6.97. The fourth-order valence-corrected chi connectivity index (χ4v) is 2.24. The highest BCUT2D eigenvalue weighted by Crippen LogP contribution is 2.18. The first-order valence-electron chi connectivity index (χ1n) is 7.12. The van der Waals surface area contributed by atoms with Crippen LogP contribution < -0.4 is 4.90 Å². The number of amides is 1. The van der Waals surface area contributed by atoms with Crippen LogP contribution in [0.1, 0.15) is 23.7 Å². The summed E-state index contributed by atoms with van der Waals surface area (Å²) in [6.45, 7) is 4.69. The number of esters is 1. The molecule has 6 heteroatoms. The van der Waals surface area contributed by atoms with Gasteiger partial charge in [-0.25, -0.2) is 9.59 Å². The molecule has 0 unspecified atom stereocenters. The molecule has 1 heterocycles. The van der Waals surface area contributed by atoms with Crippen molar-refractivity contribution >= 4 is 17.7 Å². The molecule has 0 spiro atoms. The van der Waals surface area contributed by atoms with Gasteiger partial charge in [-0.1, -0.05) is 6.92 Å². The quantitative estimate of drug-likeness (QED) is 0.860. The van der Waals surface area contributed by atoms with E-state index in [1.807, 2.05) is 19.1 Å². The minimum Gasteiger partial charge on any atom is -0.465 e. The van der Waals surface area contributed by atoms with Crippen LogP contribution in [-0.4, -0.2) is 54.9 Å². The number of carbonyl (C=O) groups excluding carboxylic acids is 1. The van der Waals surface area contributed by atoms with Crippen LogP contribution in [0.5, 0.6) is 0 Å². The zero-order chi connectivity index (χ0) is 15.2. The maximum Gasteiger partial charge on any atom is 0.407 e. The van der Waals surface area contributed by atoms with E-state index in [-0.39, 0.29) is 5.97 Å². The van der Waals surface area contributed by atoms with Gasteiger partial charge < -0.3 is 19.6 Å². The molecular formula is C15H20N2O4. The molecule has 1 aliphatic rings. The van der Waals surface area contributed by atoms with E-state index < -0.39 is 6.09 Å². The van der Waals surface area contributed by atoms with Gasteiger partial charge in [-0.05, 0) is 30.7 Å². The summed E-state index contributed by atoms with van der Waals surface area (Å²) < 4.78 is 5.08. The Morgan fingerprint density at radius 1 is 1.14 bits per heavy atom. The largest absolute Gasteiger partial charge is 0.465 e. The van der Waals surface area contributed by atoms with Gasteiger partial charge in [0.25, 0.3) is 0 Å². The van der Waals surface area contributed by atoms with E-state index in [1.54, 1.807) is 12.1 Å². The van der Waals surface area contributed by atoms with Crippen LogP contribution in [0.15, 0.2) is 24.3 Å². The molecule has 1 fully saturated rings. The molecule has 1 aromatic carbocycles. The number of carbonyl (C=O) groups is 2. The third-order valence-electron chi connectivity index (χ3n) is 3.46. The van der Waals surface area contributed by atoms with Crippen molar-refractivity contribution in [2.75, 3.05) is 37.7 Å². The van der Waals surface area contributed by atoms with Crippen LogP contribution in [0.4, 0.5) is 10.5 Å². The van der Waals surface area contributed by atoms with Gasteiger partial charge in [0.05, 0.1) is 12.2 Å². The number of anilines is 1. The van der Waals surface area contributed by atoms with Crippen LogP contribution in [0.2, 0.25) is 0 Å². The lowest BCUT2D eigenvalue weighted by atomic mass is 10.2. The Kier molecular flexibility index (Phi) is 5.03. The molecule has 21 heavy (non-hydrogen) atoms. The van der Waals surface area contributed by atoms with Crippen molar-refractivity contribution in [3.63, 3.8) is 0 Å². The Balaban J connectivity index is 1.94. The fourth-order valence-electron chi connectivity index (χ4n) is 2.24. The number of hydrogen-bond acceptors (Lipinski definition) is 4. The summed E-state index contributed by atoms with van der Waals surface area (Å²) in [4.78, 5) is 26.1. The molecule has 1 aliphatic heterocycles. The van der Waals surface area contributed by atoms with Crippen LogP contribution >= 0.6 is 0 Å². The lowest BCUT2D eigenvalue weighted by Crippen LogP contribution is -2.48. The summed E-state index contributed by atoms with van der Waals surface area (Å²) in [5.74, 6) is -0.306. The maximum atomic E-state index is 11.7. The summed E-state index contributed by atoms with van der Waals surface area (Å²) in [6.07, 6.45) is -0.0684. The normalized spacial score (nSPS) is 14.9. The van der Waals surface area contributed by atoms with Gasteiger partial charge in [0.1, 0.15) is 0 Å². The number of piperazine rings is 1. The van der Waals surface area contributed by atoms with Crippen LogP contribution in [0, 0.1) is 0 Å². The van der Waals surface area contributed by atoms with E-state index in [1.165, 1.54) is 4.90 Å². The Morgan fingerprint density at radius 3 is 2.29 bits per heavy atom. The average molecular weight is 292 g/mol. The van der Waals surface area contributed by atoms with E-state index >= 15 is 0 Å². The number of benzene rings is 1. The average Bonchev–Trinajstić information content (AvgIpc) is 2.53. The smallest absolute Gasteiger partial charge is 0.407 e. The molecule has 0 aromatic heterocycles. The van der Waals surface area contributed by atoms with Crippen molar-refractivity contribution in [2.24, 2.45) is 0 Å². The van der Waals surface area contributed by atoms with Gasteiger partial charge in [0.2, 0.25) is 0 Å². The number of ether oxygens (including phenoxy) is 1. The minimum atomic E-state index is -0.872. The molecule has 0 radical (unpaired) electrons. The minimum absolute atomic E-state index is 0.306. The van der Waals surface area contributed by atoms with Gasteiger partial charge in [0, 0.05) is 31.9 Å². The van der Waals surface area contributed by atoms with E-state index in [4.69, 9.17) is 9.84 Å². The SMILES string of the molecule is CCCOC(=O)c1ccc(N2CCN(C(=O)O)CC2)cc1. The second-order valence-corrected chi connectivity index (χ2v) is 4.94. The Bertz CT molecular complexity index is 493. The summed E-state index contributed by atoms with van der Waals surface area (Å²) in [6, 6.07) is 7.24. The summed E-state index contributed by atoms with van der Waals surface area (Å²) >= 11 is 0. The fraction of sp³-hybridized carbons (Fsp3) is 0.467. The first-order chi connectivity index (χ1) is 10.1. The lowest BCUT2D eigenvalue weighted by Gasteiger charge is -2.34. The van der Waals surface area contributed by atoms with E-state index in [2.05, 4.69) is 4.90 Å². The number of nitrogens with zero attached hydrogens (tertiary/aromatic N) is 2. The lowest BCUT2D eigenvalue weighted by molar-refractivity contribution is 0.0505. The molecule has 1 saturated heterocycles. The summed E-state index contributed by atoms with van der Waals surface area (Å²) in [5, 5.41) is 8.92. The third-order valence-corrected chi connectivity index (χ3v) is 3.46. The number of carboxylic acid groups (broad SMARTS) is 1. The van der Waals surface area contributed by atoms with Crippen molar-refractivity contribution in [3.05, 3.63) is 29.8 Å². The molecular weight excluding hydrogens is 272 g/mol. The predicted molar refractivity (Wildman–Crippen MR) is 78.8 cm³/mol. The molecule has 1 aromatic rings. The van der Waals surface area contributed by atoms with Gasteiger partial charge in [-0.15, -0.1) is 0 Å². The molecule has 0 atom stereocenters. The highest BCUT2D eigenvalue weighted by atomic mass is 16.5. The van der Waals surface area contributed by atoms with Crippen molar-refractivity contribution in [2.45, 2.75) is 13.3 Å². The van der Waals surface area contributed by atoms with Crippen LogP contribution in [0.25, 0.3) is 0 Å². The molecule has 0 bridgehead atoms. The van der Waals surface area contributed by atoms with Crippen molar-refractivity contribution in [1.29, 1.82) is 0 Å². The molecule has 1 N–H and O–H groups in total. The second-order valence-electron chi connectivity index (χ2n) is 4.94. The van der Waals surface area contributed by atoms with E-state index in [0.717, 1.165) is 12.1 Å². The van der Waals surface area contributed by atoms with E-state index in [9.17, 15) is 9.59 Å². The maximum absolute atomic E-state index is 11.7. The highest BCUT2D eigenvalue weighted by molar-refractivity contribution is 5.89. The molecule has 2 rings (SSSR count). The molecule has 1 amide bonds. The first kappa shape index (κ1) is 15.2. The van der Waals surface area contributed by atoms with Gasteiger partial charge >= 0.3 is 12.1 Å². The zero-order valence-corrected chi connectivity index (χ0v) is 12.1. The van der Waals surface area contributed by atoms with Gasteiger partial charge in [-0.3, -0.25) is 0 Å². The predicted octanol–water partition coefficient (Wildman–Crippen LogP) is 2.05. The summed E-state index contributed by atoms with van der Waals surface area (Å²) in [7, 11) is 0. The van der Waals surface area contributed by atoms with Gasteiger partial charge in [0.15, 0.2) is 0 Å². The van der Waals surface area contributed by atoms with Crippen molar-refractivity contribution in [3.8, 4) is 0 Å². The third kappa shape index (κ3) is 3.87. The molecule has 0 aliphatic carbocycles. The monoisotopic (exact) mass is 292 g/mol. The number of hydrogen-bond donors (Lipinski definition) is 1. The van der Waals surface area contributed by atoms with Gasteiger partial charge in [-0.2, -0.15) is 0 Å². The molecule has 114 valence electrons. The van der Waals surface area contributed by atoms with Crippen molar-refractivity contribution < 1.29 is 19.4 Å². The standard InChI is InChI=1S/C15H20N2O4/c1-2-11-21-14(18)12-3-5-13(6-4-12)16-7-9-17(10-8-16)15(19)20/h3-6H,2,7-11H2,1H3,(H,19,20). The van der Waals surface area contributed by atoms with Crippen LogP contribution in [-0.2, 0) is 4.74 Å². The Labute approximate surface area is 123 Å². The topological polar surface area (TPSA) is 70.1 Å². The molecule has 6 nitrogen and oxygen atoms in total. The highest BCUT2D eigenvalue weighted by Gasteiger charge is 2.20. The first-order valence-corrected chi connectivity index (χ1v) is 7.12. The molecule has 0 saturated carbocycles. The summed E-state index contributed by atoms with van der Waals surface area (Å²) in [5.41, 5.74) is 1.53. The Morgan fingerprint density at radius 2 is 1.76 bits per heavy atom. The van der Waals surface area contributed by atoms with Crippen LogP contribution in [0.3, 0.4) is 0 Å².